The van der Waals surface area contributed by atoms with E-state index in [2.05, 4.69) is 99.1 Å². The number of carbonyl (C=O) groups is 1. The van der Waals surface area contributed by atoms with Crippen LogP contribution >= 0.6 is 0 Å². The van der Waals surface area contributed by atoms with Crippen LogP contribution in [0.15, 0.2) is 54.6 Å². The van der Waals surface area contributed by atoms with Crippen LogP contribution in [0, 0.1) is 13.8 Å². The van der Waals surface area contributed by atoms with Gasteiger partial charge in [0.15, 0.2) is 0 Å². The van der Waals surface area contributed by atoms with Gasteiger partial charge in [-0.15, -0.1) is 0 Å². The average molecular weight is 415 g/mol. The fraction of sp³-hybridized carbons (Fsp3) is 0.393. The summed E-state index contributed by atoms with van der Waals surface area (Å²) in [4.78, 5) is 18.0. The molecule has 1 aliphatic heterocycles. The summed E-state index contributed by atoms with van der Waals surface area (Å²) in [5.74, 6) is 0.177. The van der Waals surface area contributed by atoms with Crippen LogP contribution in [-0.2, 0) is 6.42 Å². The van der Waals surface area contributed by atoms with E-state index in [1.165, 1.54) is 33.0 Å². The summed E-state index contributed by atoms with van der Waals surface area (Å²) in [7, 11) is 2.18. The van der Waals surface area contributed by atoms with Crippen molar-refractivity contribution in [1.82, 2.24) is 9.80 Å². The number of rotatable bonds is 6. The molecule has 0 aliphatic carbocycles. The van der Waals surface area contributed by atoms with E-state index in [0.717, 1.165) is 31.4 Å². The molecule has 4 rings (SSSR count). The third kappa shape index (κ3) is 3.99. The number of aryl methyl sites for hydroxylation is 2. The smallest absolute Gasteiger partial charge is 0.255 e. The Morgan fingerprint density at radius 3 is 2.35 bits per heavy atom. The molecular weight excluding hydrogens is 380 g/mol. The highest BCUT2D eigenvalue weighted by molar-refractivity contribution is 5.97. The van der Waals surface area contributed by atoms with Crippen LogP contribution in [0.25, 0.3) is 10.8 Å². The van der Waals surface area contributed by atoms with Crippen molar-refractivity contribution in [3.63, 3.8) is 0 Å². The first-order chi connectivity index (χ1) is 14.9. The minimum Gasteiger partial charge on any atom is -0.323 e. The van der Waals surface area contributed by atoms with E-state index in [1.54, 1.807) is 0 Å². The molecule has 1 aliphatic rings. The van der Waals surface area contributed by atoms with Crippen molar-refractivity contribution in [2.45, 2.75) is 59.2 Å². The van der Waals surface area contributed by atoms with E-state index >= 15 is 0 Å². The number of amides is 1. The van der Waals surface area contributed by atoms with E-state index < -0.39 is 0 Å². The second-order valence-corrected chi connectivity index (χ2v) is 8.93. The van der Waals surface area contributed by atoms with Gasteiger partial charge in [0, 0.05) is 18.2 Å². The van der Waals surface area contributed by atoms with E-state index in [9.17, 15) is 4.79 Å². The third-order valence-electron chi connectivity index (χ3n) is 7.06. The number of nitrogens with zero attached hydrogens (tertiary/aromatic N) is 2. The quantitative estimate of drug-likeness (QED) is 0.474. The molecule has 1 heterocycles. The van der Waals surface area contributed by atoms with Gasteiger partial charge in [0.2, 0.25) is 0 Å². The van der Waals surface area contributed by atoms with Crippen LogP contribution in [0.2, 0.25) is 0 Å². The molecule has 0 saturated heterocycles. The molecule has 0 saturated carbocycles. The van der Waals surface area contributed by atoms with Crippen LogP contribution in [0.4, 0.5) is 0 Å². The summed E-state index contributed by atoms with van der Waals surface area (Å²) in [6.07, 6.45) is 2.92. The average Bonchev–Trinajstić information content (AvgIpc) is 2.77. The van der Waals surface area contributed by atoms with E-state index in [1.807, 2.05) is 0 Å². The van der Waals surface area contributed by atoms with Crippen LogP contribution < -0.4 is 0 Å². The summed E-state index contributed by atoms with van der Waals surface area (Å²) in [6.45, 7) is 9.44. The lowest BCUT2D eigenvalue weighted by Crippen LogP contribution is -2.52. The van der Waals surface area contributed by atoms with Crippen LogP contribution in [-0.4, -0.2) is 35.5 Å². The van der Waals surface area contributed by atoms with Gasteiger partial charge >= 0.3 is 0 Å². The van der Waals surface area contributed by atoms with Crippen molar-refractivity contribution < 1.29 is 4.79 Å². The summed E-state index contributed by atoms with van der Waals surface area (Å²) in [5, 5.41) is 2.54. The maximum atomic E-state index is 13.5. The summed E-state index contributed by atoms with van der Waals surface area (Å²) >= 11 is 0. The summed E-state index contributed by atoms with van der Waals surface area (Å²) in [5.41, 5.74) is 5.87. The minimum absolute atomic E-state index is 0.0821. The summed E-state index contributed by atoms with van der Waals surface area (Å²) in [6, 6.07) is 19.9. The van der Waals surface area contributed by atoms with Crippen molar-refractivity contribution in [2.24, 2.45) is 0 Å². The SMILES string of the molecule is CCC(c1ccc2ccccc2c1)N(C)C(CC)N1CCc2cc(C)c(C)cc2C1=O. The highest BCUT2D eigenvalue weighted by Crippen LogP contribution is 2.32. The molecule has 31 heavy (non-hydrogen) atoms. The van der Waals surface area contributed by atoms with Gasteiger partial charge in [0.05, 0.1) is 6.17 Å². The molecule has 0 aromatic heterocycles. The summed E-state index contributed by atoms with van der Waals surface area (Å²) < 4.78 is 0. The number of hydrogen-bond acceptors (Lipinski definition) is 2. The topological polar surface area (TPSA) is 23.6 Å². The van der Waals surface area contributed by atoms with E-state index in [4.69, 9.17) is 0 Å². The predicted molar refractivity (Wildman–Crippen MR) is 129 cm³/mol. The monoisotopic (exact) mass is 414 g/mol. The predicted octanol–water partition coefficient (Wildman–Crippen LogP) is 6.27. The minimum atomic E-state index is 0.0821. The highest BCUT2D eigenvalue weighted by atomic mass is 16.2. The Bertz CT molecular complexity index is 1100. The largest absolute Gasteiger partial charge is 0.323 e. The molecule has 0 spiro atoms. The lowest BCUT2D eigenvalue weighted by molar-refractivity contribution is 0.0198. The van der Waals surface area contributed by atoms with Crippen molar-refractivity contribution in [1.29, 1.82) is 0 Å². The molecular formula is C28H34N2O. The fourth-order valence-corrected chi connectivity index (χ4v) is 5.17. The maximum Gasteiger partial charge on any atom is 0.255 e. The van der Waals surface area contributed by atoms with Crippen molar-refractivity contribution in [2.75, 3.05) is 13.6 Å². The molecule has 2 unspecified atom stereocenters. The van der Waals surface area contributed by atoms with Crippen molar-refractivity contribution in [3.05, 3.63) is 82.4 Å². The molecule has 0 fully saturated rings. The molecule has 0 radical (unpaired) electrons. The number of fused-ring (bicyclic) bond motifs is 2. The van der Waals surface area contributed by atoms with Gasteiger partial charge in [-0.1, -0.05) is 56.3 Å². The van der Waals surface area contributed by atoms with Crippen molar-refractivity contribution >= 4 is 16.7 Å². The van der Waals surface area contributed by atoms with Crippen molar-refractivity contribution in [3.8, 4) is 0 Å². The molecule has 3 aromatic carbocycles. The zero-order valence-corrected chi connectivity index (χ0v) is 19.5. The van der Waals surface area contributed by atoms with Crippen LogP contribution in [0.5, 0.6) is 0 Å². The van der Waals surface area contributed by atoms with E-state index in [-0.39, 0.29) is 18.1 Å². The number of benzene rings is 3. The molecule has 3 heteroatoms. The second kappa shape index (κ2) is 8.84. The molecule has 1 amide bonds. The van der Waals surface area contributed by atoms with Gasteiger partial charge < -0.3 is 4.90 Å². The van der Waals surface area contributed by atoms with Gasteiger partial charge in [-0.25, -0.2) is 0 Å². The van der Waals surface area contributed by atoms with Gasteiger partial charge in [-0.05, 0) is 85.3 Å². The highest BCUT2D eigenvalue weighted by Gasteiger charge is 2.34. The zero-order valence-electron chi connectivity index (χ0n) is 19.5. The Hall–Kier alpha value is -2.65. The van der Waals surface area contributed by atoms with Gasteiger partial charge in [-0.2, -0.15) is 0 Å². The zero-order chi connectivity index (χ0) is 22.1. The van der Waals surface area contributed by atoms with E-state index in [0.29, 0.717) is 0 Å². The molecule has 0 bridgehead atoms. The first kappa shape index (κ1) is 21.6. The second-order valence-electron chi connectivity index (χ2n) is 8.93. The Labute approximate surface area is 186 Å². The maximum absolute atomic E-state index is 13.5. The lowest BCUT2D eigenvalue weighted by Gasteiger charge is -2.43. The number of carbonyl (C=O) groups excluding carboxylic acids is 1. The Morgan fingerprint density at radius 1 is 0.935 bits per heavy atom. The normalized spacial score (nSPS) is 15.9. The Morgan fingerprint density at radius 2 is 1.65 bits per heavy atom. The third-order valence-corrected chi connectivity index (χ3v) is 7.06. The molecule has 3 nitrogen and oxygen atoms in total. The first-order valence-electron chi connectivity index (χ1n) is 11.6. The molecule has 3 aromatic rings. The van der Waals surface area contributed by atoms with Crippen LogP contribution in [0.3, 0.4) is 0 Å². The Kier molecular flexibility index (Phi) is 6.15. The lowest BCUT2D eigenvalue weighted by atomic mass is 9.93. The Balaban J connectivity index is 1.63. The fourth-order valence-electron chi connectivity index (χ4n) is 5.17. The van der Waals surface area contributed by atoms with Crippen LogP contribution in [0.1, 0.15) is 65.3 Å². The van der Waals surface area contributed by atoms with Gasteiger partial charge in [0.25, 0.3) is 5.91 Å². The molecule has 162 valence electrons. The number of hydrogen-bond donors (Lipinski definition) is 0. The molecule has 2 atom stereocenters. The van der Waals surface area contributed by atoms with Gasteiger partial charge in [-0.3, -0.25) is 9.69 Å². The molecule has 0 N–H and O–H groups in total. The van der Waals surface area contributed by atoms with Gasteiger partial charge in [0.1, 0.15) is 0 Å². The standard InChI is InChI=1S/C28H34N2O/c1-6-26(24-13-12-21-10-8-9-11-22(21)18-24)29(5)27(7-2)30-15-14-23-16-19(3)20(4)17-25(23)28(30)31/h8-13,16-18,26-27H,6-7,14-15H2,1-5H3. The first-order valence-corrected chi connectivity index (χ1v) is 11.6.